The number of nitrogen functional groups attached to an aromatic ring is 1. The number of anilines is 1. The maximum absolute atomic E-state index is 5.68. The van der Waals surface area contributed by atoms with Crippen LogP contribution in [0.4, 0.5) is 5.13 Å². The van der Waals surface area contributed by atoms with Crippen molar-refractivity contribution in [1.29, 1.82) is 0 Å². The molecule has 2 aromatic rings. The van der Waals surface area contributed by atoms with Crippen molar-refractivity contribution >= 4 is 16.5 Å². The second-order valence-corrected chi connectivity index (χ2v) is 5.65. The van der Waals surface area contributed by atoms with E-state index in [2.05, 4.69) is 39.5 Å². The van der Waals surface area contributed by atoms with Crippen LogP contribution in [0.15, 0.2) is 29.6 Å². The summed E-state index contributed by atoms with van der Waals surface area (Å²) in [6.07, 6.45) is 2.41. The van der Waals surface area contributed by atoms with Crippen LogP contribution in [-0.2, 0) is 19.5 Å². The minimum atomic E-state index is 0.667. The van der Waals surface area contributed by atoms with Crippen LogP contribution in [0, 0.1) is 0 Å². The van der Waals surface area contributed by atoms with Crippen molar-refractivity contribution < 1.29 is 0 Å². The normalized spacial score (nSPS) is 16.2. The molecule has 1 aliphatic heterocycles. The first-order valence-corrected chi connectivity index (χ1v) is 7.18. The highest BCUT2D eigenvalue weighted by molar-refractivity contribution is 7.13. The molecule has 0 unspecified atom stereocenters. The molecular formula is C14H17N3S. The molecule has 0 saturated carbocycles. The molecule has 1 aromatic carbocycles. The van der Waals surface area contributed by atoms with Gasteiger partial charge in [-0.3, -0.25) is 4.90 Å². The van der Waals surface area contributed by atoms with Crippen LogP contribution in [0.2, 0.25) is 0 Å². The number of fused-ring (bicyclic) bond motifs is 1. The average Bonchev–Trinajstić information content (AvgIpc) is 2.66. The van der Waals surface area contributed by atoms with E-state index in [4.69, 9.17) is 5.73 Å². The van der Waals surface area contributed by atoms with Crippen molar-refractivity contribution in [1.82, 2.24) is 9.88 Å². The van der Waals surface area contributed by atoms with Crippen LogP contribution in [0.5, 0.6) is 0 Å². The zero-order valence-electron chi connectivity index (χ0n) is 10.3. The third-order valence-electron chi connectivity index (χ3n) is 3.39. The van der Waals surface area contributed by atoms with Gasteiger partial charge in [0.2, 0.25) is 0 Å². The number of rotatable bonds is 2. The van der Waals surface area contributed by atoms with Crippen molar-refractivity contribution in [3.63, 3.8) is 0 Å². The quantitative estimate of drug-likeness (QED) is 0.901. The Morgan fingerprint density at radius 2 is 2.11 bits per heavy atom. The Hall–Kier alpha value is -1.39. The SMILES string of the molecule is Nc1nc(CN2CCCc3ccccc3C2)cs1. The predicted molar refractivity (Wildman–Crippen MR) is 75.4 cm³/mol. The Kier molecular flexibility index (Phi) is 3.30. The van der Waals surface area contributed by atoms with Crippen molar-refractivity contribution in [2.45, 2.75) is 25.9 Å². The Labute approximate surface area is 111 Å². The van der Waals surface area contributed by atoms with E-state index < -0.39 is 0 Å². The zero-order valence-corrected chi connectivity index (χ0v) is 11.1. The van der Waals surface area contributed by atoms with Crippen molar-refractivity contribution in [2.75, 3.05) is 12.3 Å². The molecule has 3 rings (SSSR count). The van der Waals surface area contributed by atoms with E-state index in [1.54, 1.807) is 0 Å². The molecule has 0 fully saturated rings. The maximum atomic E-state index is 5.68. The van der Waals surface area contributed by atoms with Gasteiger partial charge in [-0.1, -0.05) is 24.3 Å². The van der Waals surface area contributed by atoms with Gasteiger partial charge in [0.15, 0.2) is 5.13 Å². The van der Waals surface area contributed by atoms with E-state index in [9.17, 15) is 0 Å². The van der Waals surface area contributed by atoms with Gasteiger partial charge in [0, 0.05) is 18.5 Å². The number of nitrogens with two attached hydrogens (primary N) is 1. The first kappa shape index (κ1) is 11.7. The fourth-order valence-electron chi connectivity index (χ4n) is 2.53. The summed E-state index contributed by atoms with van der Waals surface area (Å²) in [5, 5.41) is 2.73. The van der Waals surface area contributed by atoms with Gasteiger partial charge in [-0.05, 0) is 30.5 Å². The minimum absolute atomic E-state index is 0.667. The summed E-state index contributed by atoms with van der Waals surface area (Å²) in [5.41, 5.74) is 9.73. The minimum Gasteiger partial charge on any atom is -0.375 e. The highest BCUT2D eigenvalue weighted by Crippen LogP contribution is 2.20. The molecule has 0 amide bonds. The lowest BCUT2D eigenvalue weighted by atomic mass is 10.0. The number of aryl methyl sites for hydroxylation is 1. The molecular weight excluding hydrogens is 242 g/mol. The Morgan fingerprint density at radius 1 is 1.28 bits per heavy atom. The summed E-state index contributed by atoms with van der Waals surface area (Å²) < 4.78 is 0. The topological polar surface area (TPSA) is 42.1 Å². The molecule has 2 N–H and O–H groups in total. The van der Waals surface area contributed by atoms with Crippen molar-refractivity contribution in [3.05, 3.63) is 46.5 Å². The molecule has 4 heteroatoms. The van der Waals surface area contributed by atoms with Crippen LogP contribution in [0.1, 0.15) is 23.2 Å². The smallest absolute Gasteiger partial charge is 0.180 e. The van der Waals surface area contributed by atoms with Crippen LogP contribution in [0.3, 0.4) is 0 Å². The number of thiazole rings is 1. The van der Waals surface area contributed by atoms with Crippen LogP contribution in [0.25, 0.3) is 0 Å². The lowest BCUT2D eigenvalue weighted by Crippen LogP contribution is -2.22. The monoisotopic (exact) mass is 259 g/mol. The lowest BCUT2D eigenvalue weighted by Gasteiger charge is -2.19. The van der Waals surface area contributed by atoms with Gasteiger partial charge in [-0.2, -0.15) is 0 Å². The van der Waals surface area contributed by atoms with Gasteiger partial charge in [-0.25, -0.2) is 4.98 Å². The van der Waals surface area contributed by atoms with Crippen LogP contribution < -0.4 is 5.73 Å². The van der Waals surface area contributed by atoms with E-state index in [1.807, 2.05) is 0 Å². The van der Waals surface area contributed by atoms with Gasteiger partial charge < -0.3 is 5.73 Å². The number of benzene rings is 1. The standard InChI is InChI=1S/C14H17N3S/c15-14-16-13(10-18-14)9-17-7-3-6-11-4-1-2-5-12(11)8-17/h1-2,4-5,10H,3,6-9H2,(H2,15,16). The second-order valence-electron chi connectivity index (χ2n) is 4.76. The fraction of sp³-hybridized carbons (Fsp3) is 0.357. The van der Waals surface area contributed by atoms with E-state index >= 15 is 0 Å². The fourth-order valence-corrected chi connectivity index (χ4v) is 3.08. The molecule has 0 saturated heterocycles. The van der Waals surface area contributed by atoms with Crippen LogP contribution in [-0.4, -0.2) is 16.4 Å². The highest BCUT2D eigenvalue weighted by Gasteiger charge is 2.14. The van der Waals surface area contributed by atoms with Gasteiger partial charge in [0.1, 0.15) is 0 Å². The van der Waals surface area contributed by atoms with E-state index in [0.29, 0.717) is 5.13 Å². The van der Waals surface area contributed by atoms with Gasteiger partial charge in [-0.15, -0.1) is 11.3 Å². The van der Waals surface area contributed by atoms with Gasteiger partial charge >= 0.3 is 0 Å². The predicted octanol–water partition coefficient (Wildman–Crippen LogP) is 2.67. The number of hydrogen-bond acceptors (Lipinski definition) is 4. The molecule has 18 heavy (non-hydrogen) atoms. The number of hydrogen-bond donors (Lipinski definition) is 1. The Balaban J connectivity index is 1.75. The van der Waals surface area contributed by atoms with Crippen LogP contribution >= 0.6 is 11.3 Å². The molecule has 94 valence electrons. The van der Waals surface area contributed by atoms with E-state index in [1.165, 1.54) is 35.3 Å². The summed E-state index contributed by atoms with van der Waals surface area (Å²) in [5.74, 6) is 0. The molecule has 1 aromatic heterocycles. The molecule has 0 aliphatic carbocycles. The molecule has 0 atom stereocenters. The Bertz CT molecular complexity index is 535. The number of nitrogens with zero attached hydrogens (tertiary/aromatic N) is 2. The molecule has 0 spiro atoms. The summed E-state index contributed by atoms with van der Waals surface area (Å²) >= 11 is 1.52. The summed E-state index contributed by atoms with van der Waals surface area (Å²) in [4.78, 5) is 6.80. The first-order chi connectivity index (χ1) is 8.81. The largest absolute Gasteiger partial charge is 0.375 e. The van der Waals surface area contributed by atoms with E-state index in [0.717, 1.165) is 25.3 Å². The Morgan fingerprint density at radius 3 is 2.89 bits per heavy atom. The average molecular weight is 259 g/mol. The highest BCUT2D eigenvalue weighted by atomic mass is 32.1. The molecule has 0 bridgehead atoms. The summed E-state index contributed by atoms with van der Waals surface area (Å²) in [6.45, 7) is 3.06. The third kappa shape index (κ3) is 2.54. The zero-order chi connectivity index (χ0) is 12.4. The molecule has 3 nitrogen and oxygen atoms in total. The third-order valence-corrected chi connectivity index (χ3v) is 4.11. The number of aromatic nitrogens is 1. The van der Waals surface area contributed by atoms with Crippen molar-refractivity contribution in [2.24, 2.45) is 0 Å². The molecule has 0 radical (unpaired) electrons. The maximum Gasteiger partial charge on any atom is 0.180 e. The first-order valence-electron chi connectivity index (χ1n) is 6.30. The summed E-state index contributed by atoms with van der Waals surface area (Å²) in [7, 11) is 0. The van der Waals surface area contributed by atoms with Crippen molar-refractivity contribution in [3.8, 4) is 0 Å². The van der Waals surface area contributed by atoms with E-state index in [-0.39, 0.29) is 0 Å². The lowest BCUT2D eigenvalue weighted by molar-refractivity contribution is 0.258. The second kappa shape index (κ2) is 5.08. The van der Waals surface area contributed by atoms with Gasteiger partial charge in [0.05, 0.1) is 5.69 Å². The molecule has 2 heterocycles. The van der Waals surface area contributed by atoms with Gasteiger partial charge in [0.25, 0.3) is 0 Å². The summed E-state index contributed by atoms with van der Waals surface area (Å²) in [6, 6.07) is 8.75. The molecule has 1 aliphatic rings.